The minimum absolute atomic E-state index is 0.293. The summed E-state index contributed by atoms with van der Waals surface area (Å²) in [6.07, 6.45) is 1.76. The predicted octanol–water partition coefficient (Wildman–Crippen LogP) is 4.02. The third-order valence-corrected chi connectivity index (χ3v) is 3.91. The van der Waals surface area contributed by atoms with Crippen LogP contribution in [0.1, 0.15) is 44.0 Å². The number of amides is 2. The highest BCUT2D eigenvalue weighted by molar-refractivity contribution is 6.01. The van der Waals surface area contributed by atoms with Gasteiger partial charge in [-0.15, -0.1) is 0 Å². The van der Waals surface area contributed by atoms with Crippen molar-refractivity contribution in [3.63, 3.8) is 0 Å². The molecule has 28 heavy (non-hydrogen) atoms. The minimum Gasteiger partial charge on any atom is -0.490 e. The number of carbonyl (C=O) groups excluding carboxylic acids is 2. The molecule has 0 aliphatic rings. The lowest BCUT2D eigenvalue weighted by molar-refractivity contribution is -0.117. The van der Waals surface area contributed by atoms with Gasteiger partial charge in [0.25, 0.3) is 5.91 Å². The quantitative estimate of drug-likeness (QED) is 0.649. The van der Waals surface area contributed by atoms with Crippen molar-refractivity contribution in [2.24, 2.45) is 0 Å². The molecule has 6 nitrogen and oxygen atoms in total. The van der Waals surface area contributed by atoms with E-state index in [0.717, 1.165) is 12.8 Å². The number of rotatable bonds is 10. The Morgan fingerprint density at radius 2 is 1.57 bits per heavy atom. The molecule has 0 heterocycles. The molecule has 6 heteroatoms. The monoisotopic (exact) mass is 384 g/mol. The third kappa shape index (κ3) is 6.30. The first-order valence-electron chi connectivity index (χ1n) is 9.61. The van der Waals surface area contributed by atoms with Gasteiger partial charge in [-0.3, -0.25) is 9.59 Å². The summed E-state index contributed by atoms with van der Waals surface area (Å²) in [5.74, 6) is 0.638. The van der Waals surface area contributed by atoms with E-state index in [0.29, 0.717) is 36.0 Å². The van der Waals surface area contributed by atoms with E-state index in [1.165, 1.54) is 0 Å². The summed E-state index contributed by atoms with van der Waals surface area (Å²) in [6, 6.07) is 13.4. The van der Waals surface area contributed by atoms with Gasteiger partial charge in [0.2, 0.25) is 5.91 Å². The van der Waals surface area contributed by atoms with Crippen LogP contribution in [0.25, 0.3) is 0 Å². The third-order valence-electron chi connectivity index (χ3n) is 3.91. The van der Waals surface area contributed by atoms with Crippen LogP contribution in [0.15, 0.2) is 48.5 Å². The Hall–Kier alpha value is -3.02. The lowest BCUT2D eigenvalue weighted by atomic mass is 10.2. The van der Waals surface area contributed by atoms with Crippen molar-refractivity contribution in [1.82, 2.24) is 5.32 Å². The minimum atomic E-state index is -0.691. The summed E-state index contributed by atoms with van der Waals surface area (Å²) in [5.41, 5.74) is 1.09. The Bertz CT molecular complexity index is 777. The molecule has 2 N–H and O–H groups in total. The van der Waals surface area contributed by atoms with Crippen LogP contribution in [0.2, 0.25) is 0 Å². The number of nitrogens with one attached hydrogen (secondary N) is 2. The summed E-state index contributed by atoms with van der Waals surface area (Å²) < 4.78 is 11.4. The normalized spacial score (nSPS) is 11.4. The van der Waals surface area contributed by atoms with Gasteiger partial charge in [-0.2, -0.15) is 0 Å². The van der Waals surface area contributed by atoms with Crippen molar-refractivity contribution < 1.29 is 19.1 Å². The number of carbonyl (C=O) groups is 2. The molecular formula is C22H28N2O4. The predicted molar refractivity (Wildman–Crippen MR) is 110 cm³/mol. The van der Waals surface area contributed by atoms with Crippen molar-refractivity contribution in [3.05, 3.63) is 54.1 Å². The average molecular weight is 384 g/mol. The summed E-state index contributed by atoms with van der Waals surface area (Å²) in [4.78, 5) is 24.7. The molecule has 0 aromatic heterocycles. The van der Waals surface area contributed by atoms with Crippen LogP contribution >= 0.6 is 0 Å². The van der Waals surface area contributed by atoms with Gasteiger partial charge >= 0.3 is 0 Å². The van der Waals surface area contributed by atoms with E-state index in [9.17, 15) is 9.59 Å². The zero-order chi connectivity index (χ0) is 20.4. The van der Waals surface area contributed by atoms with E-state index in [-0.39, 0.29) is 11.8 Å². The second-order valence-corrected chi connectivity index (χ2v) is 6.41. The molecule has 0 bridgehead atoms. The van der Waals surface area contributed by atoms with Crippen LogP contribution < -0.4 is 20.1 Å². The van der Waals surface area contributed by atoms with Gasteiger partial charge in [0.05, 0.1) is 13.2 Å². The lowest BCUT2D eigenvalue weighted by Crippen LogP contribution is -2.41. The first-order chi connectivity index (χ1) is 13.5. The van der Waals surface area contributed by atoms with Crippen LogP contribution in [0.4, 0.5) is 5.69 Å². The van der Waals surface area contributed by atoms with Gasteiger partial charge in [0.15, 0.2) is 11.5 Å². The van der Waals surface area contributed by atoms with Crippen molar-refractivity contribution in [3.8, 4) is 11.5 Å². The number of anilines is 1. The molecule has 0 spiro atoms. The number of ether oxygens (including phenoxy) is 2. The summed E-state index contributed by atoms with van der Waals surface area (Å²) >= 11 is 0. The molecule has 2 rings (SSSR count). The Labute approximate surface area is 166 Å². The number of hydrogen-bond donors (Lipinski definition) is 2. The van der Waals surface area contributed by atoms with Gasteiger partial charge in [0, 0.05) is 17.3 Å². The van der Waals surface area contributed by atoms with E-state index >= 15 is 0 Å². The molecule has 2 aromatic carbocycles. The molecule has 0 fully saturated rings. The van der Waals surface area contributed by atoms with Crippen molar-refractivity contribution in [1.29, 1.82) is 0 Å². The van der Waals surface area contributed by atoms with Crippen molar-refractivity contribution in [2.75, 3.05) is 18.5 Å². The molecule has 0 aliphatic heterocycles. The number of benzene rings is 2. The fourth-order valence-electron chi connectivity index (χ4n) is 2.43. The van der Waals surface area contributed by atoms with E-state index in [4.69, 9.17) is 9.47 Å². The van der Waals surface area contributed by atoms with Gasteiger partial charge in [-0.05, 0) is 44.0 Å². The highest BCUT2D eigenvalue weighted by atomic mass is 16.5. The maximum Gasteiger partial charge on any atom is 0.251 e. The SMILES string of the molecule is CCCOc1ccc(NC(=O)C(C)NC(=O)c2ccccc2)cc1OCCC. The summed E-state index contributed by atoms with van der Waals surface area (Å²) in [5, 5.41) is 5.51. The molecule has 2 amide bonds. The zero-order valence-corrected chi connectivity index (χ0v) is 16.7. The zero-order valence-electron chi connectivity index (χ0n) is 16.7. The summed E-state index contributed by atoms with van der Waals surface area (Å²) in [6.45, 7) is 6.85. The van der Waals surface area contributed by atoms with Crippen LogP contribution in [0, 0.1) is 0 Å². The Morgan fingerprint density at radius 3 is 2.21 bits per heavy atom. The molecule has 0 aliphatic carbocycles. The van der Waals surface area contributed by atoms with Crippen LogP contribution in [0.5, 0.6) is 11.5 Å². The second kappa shape index (κ2) is 11.0. The molecular weight excluding hydrogens is 356 g/mol. The molecule has 150 valence electrons. The van der Waals surface area contributed by atoms with Gasteiger partial charge in [-0.1, -0.05) is 32.0 Å². The number of hydrogen-bond acceptors (Lipinski definition) is 4. The largest absolute Gasteiger partial charge is 0.490 e. The molecule has 1 atom stereocenters. The Kier molecular flexibility index (Phi) is 8.34. The topological polar surface area (TPSA) is 76.7 Å². The van der Waals surface area contributed by atoms with Crippen LogP contribution in [-0.4, -0.2) is 31.1 Å². The highest BCUT2D eigenvalue weighted by Gasteiger charge is 2.17. The van der Waals surface area contributed by atoms with Crippen molar-refractivity contribution >= 4 is 17.5 Å². The fourth-order valence-corrected chi connectivity index (χ4v) is 2.43. The molecule has 2 aromatic rings. The highest BCUT2D eigenvalue weighted by Crippen LogP contribution is 2.31. The molecule has 1 unspecified atom stereocenters. The standard InChI is InChI=1S/C22H28N2O4/c1-4-13-27-19-12-11-18(15-20(19)28-14-5-2)24-21(25)16(3)23-22(26)17-9-7-6-8-10-17/h6-12,15-16H,4-5,13-14H2,1-3H3,(H,23,26)(H,24,25). The van der Waals surface area contributed by atoms with E-state index < -0.39 is 6.04 Å². The van der Waals surface area contributed by atoms with Gasteiger partial charge < -0.3 is 20.1 Å². The van der Waals surface area contributed by atoms with Crippen LogP contribution in [0.3, 0.4) is 0 Å². The first-order valence-corrected chi connectivity index (χ1v) is 9.61. The average Bonchev–Trinajstić information content (AvgIpc) is 2.72. The maximum atomic E-state index is 12.5. The van der Waals surface area contributed by atoms with Gasteiger partial charge in [0.1, 0.15) is 6.04 Å². The lowest BCUT2D eigenvalue weighted by Gasteiger charge is -2.16. The molecule has 0 saturated heterocycles. The molecule has 0 saturated carbocycles. The molecule has 0 radical (unpaired) electrons. The second-order valence-electron chi connectivity index (χ2n) is 6.41. The summed E-state index contributed by atoms with van der Waals surface area (Å²) in [7, 11) is 0. The van der Waals surface area contributed by atoms with Crippen molar-refractivity contribution in [2.45, 2.75) is 39.7 Å². The first kappa shape index (κ1) is 21.3. The fraction of sp³-hybridized carbons (Fsp3) is 0.364. The van der Waals surface area contributed by atoms with Crippen LogP contribution in [-0.2, 0) is 4.79 Å². The van der Waals surface area contributed by atoms with E-state index in [2.05, 4.69) is 10.6 Å². The van der Waals surface area contributed by atoms with E-state index in [1.807, 2.05) is 19.9 Å². The Balaban J connectivity index is 2.02. The van der Waals surface area contributed by atoms with Gasteiger partial charge in [-0.25, -0.2) is 0 Å². The smallest absolute Gasteiger partial charge is 0.251 e. The van der Waals surface area contributed by atoms with E-state index in [1.54, 1.807) is 49.4 Å². The maximum absolute atomic E-state index is 12.5. The Morgan fingerprint density at radius 1 is 0.929 bits per heavy atom.